The zero-order chi connectivity index (χ0) is 23.0. The molecule has 1 atom stereocenters. The van der Waals surface area contributed by atoms with Crippen molar-refractivity contribution in [2.45, 2.75) is 18.2 Å². The Labute approximate surface area is 183 Å². The Morgan fingerprint density at radius 2 is 1.81 bits per heavy atom. The summed E-state index contributed by atoms with van der Waals surface area (Å²) in [6.07, 6.45) is 1.44. The van der Waals surface area contributed by atoms with Crippen LogP contribution in [-0.2, 0) is 19.6 Å². The van der Waals surface area contributed by atoms with Gasteiger partial charge in [-0.1, -0.05) is 12.1 Å². The molecule has 166 valence electrons. The molecule has 3 aromatic rings. The monoisotopic (exact) mass is 456 g/mol. The number of nitrogens with zero attached hydrogens (tertiary/aromatic N) is 2. The number of rotatable bonds is 6. The molecule has 0 spiro atoms. The van der Waals surface area contributed by atoms with Crippen molar-refractivity contribution in [3.63, 3.8) is 0 Å². The Morgan fingerprint density at radius 3 is 2.41 bits per heavy atom. The minimum Gasteiger partial charge on any atom is -0.481 e. The molecule has 2 heterocycles. The van der Waals surface area contributed by atoms with Gasteiger partial charge < -0.3 is 15.0 Å². The number of hydrogen-bond donors (Lipinski definition) is 3. The highest BCUT2D eigenvalue weighted by Gasteiger charge is 2.35. The Balaban J connectivity index is 1.60. The number of sulfonamides is 1. The number of benzene rings is 2. The topological polar surface area (TPSA) is 142 Å². The van der Waals surface area contributed by atoms with Crippen molar-refractivity contribution < 1.29 is 23.1 Å². The number of amides is 1. The summed E-state index contributed by atoms with van der Waals surface area (Å²) in [5, 5.41) is 9.12. The fourth-order valence-corrected chi connectivity index (χ4v) is 4.72. The van der Waals surface area contributed by atoms with Gasteiger partial charge in [-0.2, -0.15) is 0 Å². The number of carbonyl (C=O) groups excluding carboxylic acids is 1. The fraction of sp³-hybridized carbons (Fsp3) is 0.190. The molecule has 4 rings (SSSR count). The quantitative estimate of drug-likeness (QED) is 0.516. The van der Waals surface area contributed by atoms with Gasteiger partial charge in [0.15, 0.2) is 0 Å². The normalized spacial score (nSPS) is 16.3. The summed E-state index contributed by atoms with van der Waals surface area (Å²) < 4.78 is 29.8. The van der Waals surface area contributed by atoms with Crippen molar-refractivity contribution >= 4 is 33.3 Å². The van der Waals surface area contributed by atoms with Gasteiger partial charge in [0.2, 0.25) is 5.91 Å². The van der Waals surface area contributed by atoms with E-state index in [-0.39, 0.29) is 29.5 Å². The predicted molar refractivity (Wildman–Crippen MR) is 116 cm³/mol. The van der Waals surface area contributed by atoms with Crippen molar-refractivity contribution in [3.05, 3.63) is 70.9 Å². The SMILES string of the molecule is Cc1c[nH]c(=O)n1-c1ccccc1NS(=O)(=O)c1ccc(N2CC(C(=O)O)CC2=O)cc1. The summed E-state index contributed by atoms with van der Waals surface area (Å²) in [5.41, 5.74) is 1.24. The van der Waals surface area contributed by atoms with E-state index < -0.39 is 27.6 Å². The van der Waals surface area contributed by atoms with E-state index in [1.807, 2.05) is 0 Å². The van der Waals surface area contributed by atoms with Gasteiger partial charge in [-0.05, 0) is 43.3 Å². The number of aromatic nitrogens is 2. The van der Waals surface area contributed by atoms with E-state index in [9.17, 15) is 22.8 Å². The average Bonchev–Trinajstić information content (AvgIpc) is 3.30. The second-order valence-electron chi connectivity index (χ2n) is 7.43. The summed E-state index contributed by atoms with van der Waals surface area (Å²) in [4.78, 5) is 39.3. The fourth-order valence-electron chi connectivity index (χ4n) is 3.64. The molecule has 0 aliphatic carbocycles. The number of carboxylic acid groups (broad SMARTS) is 1. The maximum Gasteiger partial charge on any atom is 0.330 e. The van der Waals surface area contributed by atoms with E-state index in [1.54, 1.807) is 31.2 Å². The molecule has 1 amide bonds. The zero-order valence-corrected chi connectivity index (χ0v) is 17.8. The van der Waals surface area contributed by atoms with Crippen LogP contribution in [0.4, 0.5) is 11.4 Å². The van der Waals surface area contributed by atoms with Crippen LogP contribution in [0.25, 0.3) is 5.69 Å². The van der Waals surface area contributed by atoms with Crippen LogP contribution < -0.4 is 15.3 Å². The van der Waals surface area contributed by atoms with Crippen LogP contribution in [0.3, 0.4) is 0 Å². The highest BCUT2D eigenvalue weighted by molar-refractivity contribution is 7.92. The molecule has 1 unspecified atom stereocenters. The molecule has 11 heteroatoms. The third-order valence-electron chi connectivity index (χ3n) is 5.28. The number of H-pyrrole nitrogens is 1. The number of nitrogens with one attached hydrogen (secondary N) is 2. The van der Waals surface area contributed by atoms with Crippen LogP contribution >= 0.6 is 0 Å². The highest BCUT2D eigenvalue weighted by Crippen LogP contribution is 2.28. The number of carbonyl (C=O) groups is 2. The molecule has 3 N–H and O–H groups in total. The van der Waals surface area contributed by atoms with Gasteiger partial charge in [-0.15, -0.1) is 0 Å². The van der Waals surface area contributed by atoms with Gasteiger partial charge in [0, 0.05) is 30.5 Å². The number of para-hydroxylation sites is 2. The first-order valence-corrected chi connectivity index (χ1v) is 11.2. The molecule has 1 aromatic heterocycles. The molecular formula is C21H20N4O6S. The summed E-state index contributed by atoms with van der Waals surface area (Å²) in [6.45, 7) is 1.76. The lowest BCUT2D eigenvalue weighted by atomic mass is 10.1. The first-order valence-electron chi connectivity index (χ1n) is 9.70. The van der Waals surface area contributed by atoms with E-state index in [4.69, 9.17) is 5.11 Å². The number of hydrogen-bond acceptors (Lipinski definition) is 5. The first kappa shape index (κ1) is 21.4. The van der Waals surface area contributed by atoms with Gasteiger partial charge in [-0.3, -0.25) is 18.9 Å². The summed E-state index contributed by atoms with van der Waals surface area (Å²) in [6, 6.07) is 12.1. The Hall–Kier alpha value is -3.86. The van der Waals surface area contributed by atoms with E-state index in [1.165, 1.54) is 39.9 Å². The molecule has 2 aromatic carbocycles. The number of carboxylic acids is 1. The smallest absolute Gasteiger partial charge is 0.330 e. The summed E-state index contributed by atoms with van der Waals surface area (Å²) in [5.74, 6) is -2.16. The molecule has 32 heavy (non-hydrogen) atoms. The van der Waals surface area contributed by atoms with Crippen molar-refractivity contribution in [2.24, 2.45) is 5.92 Å². The van der Waals surface area contributed by atoms with Crippen LogP contribution in [-0.4, -0.2) is 41.5 Å². The lowest BCUT2D eigenvalue weighted by Gasteiger charge is -2.17. The van der Waals surface area contributed by atoms with E-state index >= 15 is 0 Å². The van der Waals surface area contributed by atoms with Crippen LogP contribution in [0.15, 0.2) is 64.4 Å². The lowest BCUT2D eigenvalue weighted by Crippen LogP contribution is -2.25. The number of aliphatic carboxylic acids is 1. The predicted octanol–water partition coefficient (Wildman–Crippen LogP) is 1.71. The third-order valence-corrected chi connectivity index (χ3v) is 6.66. The second kappa shape index (κ2) is 8.00. The molecule has 1 saturated heterocycles. The molecule has 0 bridgehead atoms. The number of aryl methyl sites for hydroxylation is 1. The first-order chi connectivity index (χ1) is 15.2. The Bertz CT molecular complexity index is 1360. The van der Waals surface area contributed by atoms with Gasteiger partial charge in [0.1, 0.15) is 0 Å². The standard InChI is InChI=1S/C21H20N4O6S/c1-13-11-22-21(29)25(13)18-5-3-2-4-17(18)23-32(30,31)16-8-6-15(7-9-16)24-12-14(20(27)28)10-19(24)26/h2-9,11,14,23H,10,12H2,1H3,(H,22,29)(H,27,28). The molecular weight excluding hydrogens is 436 g/mol. The maximum atomic E-state index is 13.0. The minimum atomic E-state index is -4.00. The highest BCUT2D eigenvalue weighted by atomic mass is 32.2. The van der Waals surface area contributed by atoms with Gasteiger partial charge in [-0.25, -0.2) is 13.2 Å². The Morgan fingerprint density at radius 1 is 1.12 bits per heavy atom. The minimum absolute atomic E-state index is 0.0383. The van der Waals surface area contributed by atoms with Gasteiger partial charge >= 0.3 is 11.7 Å². The second-order valence-corrected chi connectivity index (χ2v) is 9.11. The van der Waals surface area contributed by atoms with Crippen molar-refractivity contribution in [1.82, 2.24) is 9.55 Å². The summed E-state index contributed by atoms with van der Waals surface area (Å²) in [7, 11) is -4.00. The number of imidazole rings is 1. The van der Waals surface area contributed by atoms with Crippen LogP contribution in [0, 0.1) is 12.8 Å². The summed E-state index contributed by atoms with van der Waals surface area (Å²) >= 11 is 0. The van der Waals surface area contributed by atoms with Crippen molar-refractivity contribution in [3.8, 4) is 5.69 Å². The molecule has 0 radical (unpaired) electrons. The molecule has 0 saturated carbocycles. The molecule has 1 fully saturated rings. The molecule has 10 nitrogen and oxygen atoms in total. The average molecular weight is 456 g/mol. The van der Waals surface area contributed by atoms with E-state index in [0.717, 1.165) is 0 Å². The van der Waals surface area contributed by atoms with Crippen molar-refractivity contribution in [1.29, 1.82) is 0 Å². The van der Waals surface area contributed by atoms with Crippen LogP contribution in [0.2, 0.25) is 0 Å². The zero-order valence-electron chi connectivity index (χ0n) is 17.0. The van der Waals surface area contributed by atoms with Gasteiger partial charge in [0.25, 0.3) is 10.0 Å². The maximum absolute atomic E-state index is 13.0. The van der Waals surface area contributed by atoms with Crippen molar-refractivity contribution in [2.75, 3.05) is 16.2 Å². The van der Waals surface area contributed by atoms with E-state index in [0.29, 0.717) is 17.1 Å². The number of anilines is 2. The number of aromatic amines is 1. The van der Waals surface area contributed by atoms with Gasteiger partial charge in [0.05, 0.1) is 22.2 Å². The van der Waals surface area contributed by atoms with Crippen LogP contribution in [0.1, 0.15) is 12.1 Å². The molecule has 1 aliphatic heterocycles. The Kier molecular flexibility index (Phi) is 5.35. The third kappa shape index (κ3) is 3.89. The lowest BCUT2D eigenvalue weighted by molar-refractivity contribution is -0.141. The van der Waals surface area contributed by atoms with Crippen LogP contribution in [0.5, 0.6) is 0 Å². The largest absolute Gasteiger partial charge is 0.481 e. The molecule has 1 aliphatic rings. The van der Waals surface area contributed by atoms with E-state index in [2.05, 4.69) is 9.71 Å².